The monoisotopic (exact) mass is 295 g/mol. The minimum absolute atomic E-state index is 0.0888. The number of hydrogen-bond donors (Lipinski definition) is 0. The first-order valence-corrected chi connectivity index (χ1v) is 7.11. The summed E-state index contributed by atoms with van der Waals surface area (Å²) in [5.41, 5.74) is 1.49. The molecule has 0 saturated carbocycles. The van der Waals surface area contributed by atoms with Crippen LogP contribution in [0.25, 0.3) is 0 Å². The molecule has 2 aromatic rings. The second-order valence-electron chi connectivity index (χ2n) is 5.39. The molecule has 0 N–H and O–H groups in total. The Balaban J connectivity index is 2.31. The summed E-state index contributed by atoms with van der Waals surface area (Å²) in [7, 11) is 3.33. The van der Waals surface area contributed by atoms with E-state index in [9.17, 15) is 9.59 Å². The maximum Gasteiger partial charge on any atom is 0.242 e. The van der Waals surface area contributed by atoms with Crippen LogP contribution in [0.5, 0.6) is 5.75 Å². The molecule has 0 aromatic heterocycles. The molecule has 1 aliphatic heterocycles. The molecule has 4 nitrogen and oxygen atoms in total. The highest BCUT2D eigenvalue weighted by Gasteiger charge is 2.50. The van der Waals surface area contributed by atoms with Gasteiger partial charge in [-0.15, -0.1) is 0 Å². The predicted octanol–water partition coefficient (Wildman–Crippen LogP) is 2.55. The molecule has 0 radical (unpaired) electrons. The van der Waals surface area contributed by atoms with E-state index < -0.39 is 5.41 Å². The molecule has 2 aromatic carbocycles. The maximum atomic E-state index is 13.0. The number of carbonyl (C=O) groups excluding carboxylic acids is 2. The summed E-state index contributed by atoms with van der Waals surface area (Å²) in [4.78, 5) is 26.0. The van der Waals surface area contributed by atoms with Crippen LogP contribution in [0.15, 0.2) is 48.5 Å². The Morgan fingerprint density at radius 3 is 2.55 bits per heavy atom. The van der Waals surface area contributed by atoms with E-state index in [0.717, 1.165) is 23.1 Å². The summed E-state index contributed by atoms with van der Waals surface area (Å²) in [6.07, 6.45) is 0.924. The molecule has 1 atom stereocenters. The van der Waals surface area contributed by atoms with Gasteiger partial charge in [-0.3, -0.25) is 4.79 Å². The Bertz CT molecular complexity index is 726. The van der Waals surface area contributed by atoms with Crippen molar-refractivity contribution < 1.29 is 14.3 Å². The zero-order valence-electron chi connectivity index (χ0n) is 12.6. The Morgan fingerprint density at radius 1 is 1.18 bits per heavy atom. The first-order chi connectivity index (χ1) is 10.6. The van der Waals surface area contributed by atoms with Crippen molar-refractivity contribution in [2.24, 2.45) is 0 Å². The van der Waals surface area contributed by atoms with Gasteiger partial charge in [-0.2, -0.15) is 0 Å². The Morgan fingerprint density at radius 2 is 1.91 bits per heavy atom. The largest absolute Gasteiger partial charge is 0.497 e. The lowest BCUT2D eigenvalue weighted by Gasteiger charge is -2.27. The van der Waals surface area contributed by atoms with Crippen LogP contribution in [0, 0.1) is 0 Å². The number of benzene rings is 2. The summed E-state index contributed by atoms with van der Waals surface area (Å²) >= 11 is 0. The lowest BCUT2D eigenvalue weighted by Crippen LogP contribution is -2.40. The third-order valence-electron chi connectivity index (χ3n) is 4.35. The molecule has 0 fully saturated rings. The number of aldehydes is 1. The lowest BCUT2D eigenvalue weighted by atomic mass is 9.73. The van der Waals surface area contributed by atoms with Gasteiger partial charge in [-0.05, 0) is 29.3 Å². The first-order valence-electron chi connectivity index (χ1n) is 7.11. The van der Waals surface area contributed by atoms with Crippen LogP contribution in [-0.2, 0) is 15.0 Å². The van der Waals surface area contributed by atoms with Gasteiger partial charge < -0.3 is 14.4 Å². The molecular formula is C18H17NO3. The number of carbonyl (C=O) groups is 2. The van der Waals surface area contributed by atoms with E-state index in [1.165, 1.54) is 0 Å². The summed E-state index contributed by atoms with van der Waals surface area (Å²) < 4.78 is 5.30. The fourth-order valence-electron chi connectivity index (χ4n) is 3.23. The molecule has 1 unspecified atom stereocenters. The molecular weight excluding hydrogens is 278 g/mol. The molecule has 0 spiro atoms. The summed E-state index contributed by atoms with van der Waals surface area (Å²) in [5.74, 6) is 0.585. The number of likely N-dealkylation sites (N-methyl/N-ethyl adjacent to an activating group) is 1. The number of amides is 1. The number of rotatable bonds is 4. The third kappa shape index (κ3) is 1.84. The quantitative estimate of drug-likeness (QED) is 0.814. The third-order valence-corrected chi connectivity index (χ3v) is 4.35. The molecule has 0 saturated heterocycles. The molecule has 1 aliphatic rings. The van der Waals surface area contributed by atoms with Crippen molar-refractivity contribution in [2.45, 2.75) is 11.8 Å². The van der Waals surface area contributed by atoms with Gasteiger partial charge in [-0.1, -0.05) is 30.3 Å². The van der Waals surface area contributed by atoms with Gasteiger partial charge in [0.2, 0.25) is 5.91 Å². The lowest BCUT2D eigenvalue weighted by molar-refractivity contribution is -0.123. The van der Waals surface area contributed by atoms with Crippen molar-refractivity contribution in [1.82, 2.24) is 0 Å². The highest BCUT2D eigenvalue weighted by molar-refractivity contribution is 6.11. The van der Waals surface area contributed by atoms with Gasteiger partial charge in [-0.25, -0.2) is 0 Å². The molecule has 1 amide bonds. The zero-order valence-corrected chi connectivity index (χ0v) is 12.6. The SMILES string of the molecule is COc1ccc2c(c1)C(CC=O)(c1ccccc1)C(=O)N2C. The van der Waals surface area contributed by atoms with Gasteiger partial charge in [0.05, 0.1) is 7.11 Å². The summed E-state index contributed by atoms with van der Waals surface area (Å²) in [5, 5.41) is 0. The number of hydrogen-bond acceptors (Lipinski definition) is 3. The van der Waals surface area contributed by atoms with Crippen LogP contribution in [0.4, 0.5) is 5.69 Å². The van der Waals surface area contributed by atoms with Crippen molar-refractivity contribution in [3.63, 3.8) is 0 Å². The van der Waals surface area contributed by atoms with Crippen molar-refractivity contribution in [1.29, 1.82) is 0 Å². The van der Waals surface area contributed by atoms with E-state index >= 15 is 0 Å². The normalized spacial score (nSPS) is 19.9. The van der Waals surface area contributed by atoms with Gasteiger partial charge >= 0.3 is 0 Å². The number of ether oxygens (including phenoxy) is 1. The fourth-order valence-corrected chi connectivity index (χ4v) is 3.23. The van der Waals surface area contributed by atoms with Crippen LogP contribution in [0.3, 0.4) is 0 Å². The second-order valence-corrected chi connectivity index (χ2v) is 5.39. The molecule has 22 heavy (non-hydrogen) atoms. The standard InChI is InChI=1S/C18H17NO3/c1-19-16-9-8-14(22-2)12-15(16)18(10-11-20,17(19)21)13-6-4-3-5-7-13/h3-9,11-12H,10H2,1-2H3. The zero-order chi connectivity index (χ0) is 15.7. The van der Waals surface area contributed by atoms with Crippen molar-refractivity contribution in [2.75, 3.05) is 19.1 Å². The van der Waals surface area contributed by atoms with Crippen molar-refractivity contribution in [3.05, 3.63) is 59.7 Å². The second kappa shape index (κ2) is 5.30. The van der Waals surface area contributed by atoms with E-state index in [2.05, 4.69) is 0 Å². The summed E-state index contributed by atoms with van der Waals surface area (Å²) in [6.45, 7) is 0. The molecule has 1 heterocycles. The van der Waals surface area contributed by atoms with Crippen molar-refractivity contribution in [3.8, 4) is 5.75 Å². The molecule has 4 heteroatoms. The smallest absolute Gasteiger partial charge is 0.242 e. The Labute approximate surface area is 129 Å². The molecule has 0 aliphatic carbocycles. The average molecular weight is 295 g/mol. The summed E-state index contributed by atoms with van der Waals surface area (Å²) in [6, 6.07) is 15.0. The van der Waals surface area contributed by atoms with E-state index in [0.29, 0.717) is 5.75 Å². The Kier molecular flexibility index (Phi) is 3.45. The van der Waals surface area contributed by atoms with E-state index in [1.807, 2.05) is 48.5 Å². The predicted molar refractivity (Wildman–Crippen MR) is 84.3 cm³/mol. The topological polar surface area (TPSA) is 46.6 Å². The minimum atomic E-state index is -0.971. The Hall–Kier alpha value is -2.62. The number of nitrogens with zero attached hydrogens (tertiary/aromatic N) is 1. The van der Waals surface area contributed by atoms with E-state index in [-0.39, 0.29) is 12.3 Å². The molecule has 0 bridgehead atoms. The maximum absolute atomic E-state index is 13.0. The van der Waals surface area contributed by atoms with Gasteiger partial charge in [0.25, 0.3) is 0 Å². The average Bonchev–Trinajstić information content (AvgIpc) is 2.78. The van der Waals surface area contributed by atoms with Crippen molar-refractivity contribution >= 4 is 17.9 Å². The molecule has 3 rings (SSSR count). The van der Waals surface area contributed by atoms with Crippen LogP contribution in [0.1, 0.15) is 17.5 Å². The fraction of sp³-hybridized carbons (Fsp3) is 0.222. The highest BCUT2D eigenvalue weighted by Crippen LogP contribution is 2.48. The van der Waals surface area contributed by atoms with Crippen LogP contribution >= 0.6 is 0 Å². The van der Waals surface area contributed by atoms with E-state index in [1.54, 1.807) is 19.1 Å². The van der Waals surface area contributed by atoms with Gasteiger partial charge in [0.15, 0.2) is 0 Å². The first kappa shape index (κ1) is 14.3. The molecule has 112 valence electrons. The van der Waals surface area contributed by atoms with Gasteiger partial charge in [0, 0.05) is 19.2 Å². The van der Waals surface area contributed by atoms with Crippen LogP contribution in [-0.4, -0.2) is 26.4 Å². The van der Waals surface area contributed by atoms with Gasteiger partial charge in [0.1, 0.15) is 17.5 Å². The number of anilines is 1. The highest BCUT2D eigenvalue weighted by atomic mass is 16.5. The minimum Gasteiger partial charge on any atom is -0.497 e. The number of methoxy groups -OCH3 is 1. The van der Waals surface area contributed by atoms with E-state index in [4.69, 9.17) is 4.74 Å². The van der Waals surface area contributed by atoms with Crippen LogP contribution in [0.2, 0.25) is 0 Å². The number of fused-ring (bicyclic) bond motifs is 1. The van der Waals surface area contributed by atoms with Crippen LogP contribution < -0.4 is 9.64 Å².